The Hall–Kier alpha value is -3.07. The molecule has 0 fully saturated rings. The van der Waals surface area contributed by atoms with Crippen molar-refractivity contribution < 1.29 is 14.3 Å². The van der Waals surface area contributed by atoms with Crippen molar-refractivity contribution >= 4 is 5.97 Å². The van der Waals surface area contributed by atoms with Gasteiger partial charge in [-0.1, -0.05) is 60.7 Å². The Labute approximate surface area is 154 Å². The van der Waals surface area contributed by atoms with E-state index in [2.05, 4.69) is 41.1 Å². The molecule has 3 rings (SSSR count). The maximum Gasteiger partial charge on any atom is 0.305 e. The predicted octanol–water partition coefficient (Wildman–Crippen LogP) is 5.04. The topological polar surface area (TPSA) is 35.5 Å². The van der Waals surface area contributed by atoms with Gasteiger partial charge in [0.25, 0.3) is 0 Å². The van der Waals surface area contributed by atoms with Gasteiger partial charge in [-0.15, -0.1) is 0 Å². The zero-order valence-electron chi connectivity index (χ0n) is 14.9. The molecule has 0 aliphatic carbocycles. The van der Waals surface area contributed by atoms with Crippen molar-refractivity contribution in [2.75, 3.05) is 7.11 Å². The molecule has 3 aromatic rings. The Morgan fingerprint density at radius 3 is 2.27 bits per heavy atom. The molecule has 26 heavy (non-hydrogen) atoms. The summed E-state index contributed by atoms with van der Waals surface area (Å²) in [6.45, 7) is 0.516. The number of carbonyl (C=O) groups is 1. The van der Waals surface area contributed by atoms with Crippen LogP contribution in [0.4, 0.5) is 0 Å². The van der Waals surface area contributed by atoms with E-state index >= 15 is 0 Å². The summed E-state index contributed by atoms with van der Waals surface area (Å²) in [6.07, 6.45) is 1.06. The van der Waals surface area contributed by atoms with Crippen LogP contribution < -0.4 is 4.74 Å². The van der Waals surface area contributed by atoms with Gasteiger partial charge in [-0.2, -0.15) is 0 Å². The van der Waals surface area contributed by atoms with Crippen molar-refractivity contribution in [2.45, 2.75) is 19.4 Å². The number of carbonyl (C=O) groups excluding carboxylic acids is 1. The first-order valence-corrected chi connectivity index (χ1v) is 8.67. The lowest BCUT2D eigenvalue weighted by Crippen LogP contribution is -2.02. The highest BCUT2D eigenvalue weighted by Crippen LogP contribution is 2.21. The van der Waals surface area contributed by atoms with E-state index < -0.39 is 0 Å². The fourth-order valence-corrected chi connectivity index (χ4v) is 2.74. The summed E-state index contributed by atoms with van der Waals surface area (Å²) < 4.78 is 10.6. The number of aryl methyl sites for hydroxylation is 1. The molecule has 3 nitrogen and oxygen atoms in total. The van der Waals surface area contributed by atoms with Gasteiger partial charge in [0.05, 0.1) is 7.11 Å². The third-order valence-electron chi connectivity index (χ3n) is 4.21. The highest BCUT2D eigenvalue weighted by molar-refractivity contribution is 5.69. The quantitative estimate of drug-likeness (QED) is 0.562. The van der Waals surface area contributed by atoms with Crippen LogP contribution in [0.1, 0.15) is 17.5 Å². The molecule has 0 radical (unpaired) electrons. The second-order valence-corrected chi connectivity index (χ2v) is 6.08. The van der Waals surface area contributed by atoms with Crippen molar-refractivity contribution in [2.24, 2.45) is 0 Å². The van der Waals surface area contributed by atoms with E-state index in [1.54, 1.807) is 0 Å². The van der Waals surface area contributed by atoms with Crippen molar-refractivity contribution in [3.05, 3.63) is 90.0 Å². The van der Waals surface area contributed by atoms with E-state index in [9.17, 15) is 4.79 Å². The van der Waals surface area contributed by atoms with Crippen LogP contribution in [-0.4, -0.2) is 13.1 Å². The van der Waals surface area contributed by atoms with E-state index in [1.807, 2.05) is 42.5 Å². The predicted molar refractivity (Wildman–Crippen MR) is 103 cm³/mol. The number of ether oxygens (including phenoxy) is 2. The van der Waals surface area contributed by atoms with Crippen LogP contribution in [0.3, 0.4) is 0 Å². The Morgan fingerprint density at radius 1 is 0.808 bits per heavy atom. The summed E-state index contributed by atoms with van der Waals surface area (Å²) in [4.78, 5) is 11.2. The van der Waals surface area contributed by atoms with Crippen molar-refractivity contribution in [3.8, 4) is 16.9 Å². The second-order valence-electron chi connectivity index (χ2n) is 6.08. The fourth-order valence-electron chi connectivity index (χ4n) is 2.74. The first kappa shape index (κ1) is 17.7. The van der Waals surface area contributed by atoms with Gasteiger partial charge >= 0.3 is 5.97 Å². The number of methoxy groups -OCH3 is 1. The van der Waals surface area contributed by atoms with E-state index in [4.69, 9.17) is 4.74 Å². The van der Waals surface area contributed by atoms with Gasteiger partial charge in [-0.05, 0) is 46.9 Å². The molecule has 0 saturated heterocycles. The smallest absolute Gasteiger partial charge is 0.305 e. The van der Waals surface area contributed by atoms with Gasteiger partial charge < -0.3 is 9.47 Å². The molecule has 0 N–H and O–H groups in total. The molecule has 0 spiro atoms. The number of hydrogen-bond acceptors (Lipinski definition) is 3. The third kappa shape index (κ3) is 4.96. The summed E-state index contributed by atoms with van der Waals surface area (Å²) in [7, 11) is 1.41. The van der Waals surface area contributed by atoms with Crippen LogP contribution in [0.25, 0.3) is 11.1 Å². The first-order chi connectivity index (χ1) is 12.7. The Bertz CT molecular complexity index is 839. The fraction of sp³-hybridized carbons (Fsp3) is 0.174. The molecule has 0 heterocycles. The van der Waals surface area contributed by atoms with Gasteiger partial charge in [0.15, 0.2) is 0 Å². The average Bonchev–Trinajstić information content (AvgIpc) is 2.72. The molecule has 3 heteroatoms. The van der Waals surface area contributed by atoms with Crippen LogP contribution in [-0.2, 0) is 22.6 Å². The second kappa shape index (κ2) is 8.86. The maximum atomic E-state index is 11.2. The highest BCUT2D eigenvalue weighted by Gasteiger charge is 2.03. The monoisotopic (exact) mass is 346 g/mol. The third-order valence-corrected chi connectivity index (χ3v) is 4.21. The molecule has 0 unspecified atom stereocenters. The van der Waals surface area contributed by atoms with E-state index in [0.29, 0.717) is 19.4 Å². The summed E-state index contributed by atoms with van der Waals surface area (Å²) in [6, 6.07) is 26.5. The molecule has 132 valence electrons. The molecule has 0 aliphatic rings. The molecule has 0 bridgehead atoms. The molecular weight excluding hydrogens is 324 g/mol. The van der Waals surface area contributed by atoms with Gasteiger partial charge in [0.1, 0.15) is 12.4 Å². The minimum absolute atomic E-state index is 0.191. The van der Waals surface area contributed by atoms with Crippen LogP contribution in [0.2, 0.25) is 0 Å². The Kier molecular flexibility index (Phi) is 6.05. The molecule has 0 aliphatic heterocycles. The molecule has 0 aromatic heterocycles. The van der Waals surface area contributed by atoms with Gasteiger partial charge in [-0.25, -0.2) is 0 Å². The minimum atomic E-state index is -0.191. The number of hydrogen-bond donors (Lipinski definition) is 0. The Morgan fingerprint density at radius 2 is 1.54 bits per heavy atom. The maximum absolute atomic E-state index is 11.2. The largest absolute Gasteiger partial charge is 0.489 e. The summed E-state index contributed by atoms with van der Waals surface area (Å²) in [5.41, 5.74) is 4.60. The average molecular weight is 346 g/mol. The lowest BCUT2D eigenvalue weighted by molar-refractivity contribution is -0.140. The van der Waals surface area contributed by atoms with E-state index in [-0.39, 0.29) is 5.97 Å². The SMILES string of the molecule is COC(=O)CCc1ccc(OCc2cccc(-c3ccccc3)c2)cc1. The van der Waals surface area contributed by atoms with Crippen molar-refractivity contribution in [3.63, 3.8) is 0 Å². The van der Waals surface area contributed by atoms with Crippen LogP contribution in [0.15, 0.2) is 78.9 Å². The lowest BCUT2D eigenvalue weighted by Gasteiger charge is -2.09. The zero-order chi connectivity index (χ0) is 18.2. The zero-order valence-corrected chi connectivity index (χ0v) is 14.9. The van der Waals surface area contributed by atoms with Crippen LogP contribution in [0.5, 0.6) is 5.75 Å². The van der Waals surface area contributed by atoms with E-state index in [1.165, 1.54) is 18.2 Å². The van der Waals surface area contributed by atoms with Gasteiger partial charge in [0, 0.05) is 6.42 Å². The number of esters is 1. The van der Waals surface area contributed by atoms with Gasteiger partial charge in [0.2, 0.25) is 0 Å². The normalized spacial score (nSPS) is 10.3. The number of benzene rings is 3. The Balaban J connectivity index is 1.58. The number of rotatable bonds is 7. The molecule has 0 amide bonds. The van der Waals surface area contributed by atoms with Crippen LogP contribution in [0, 0.1) is 0 Å². The minimum Gasteiger partial charge on any atom is -0.489 e. The highest BCUT2D eigenvalue weighted by atomic mass is 16.5. The van der Waals surface area contributed by atoms with Gasteiger partial charge in [-0.3, -0.25) is 4.79 Å². The molecule has 3 aromatic carbocycles. The van der Waals surface area contributed by atoms with Crippen molar-refractivity contribution in [1.29, 1.82) is 0 Å². The standard InChI is InChI=1S/C23H22O3/c1-25-23(24)15-12-18-10-13-22(14-11-18)26-17-19-6-5-9-21(16-19)20-7-3-2-4-8-20/h2-11,13-14,16H,12,15,17H2,1H3. The lowest BCUT2D eigenvalue weighted by atomic mass is 10.0. The first-order valence-electron chi connectivity index (χ1n) is 8.67. The summed E-state index contributed by atoms with van der Waals surface area (Å²) >= 11 is 0. The van der Waals surface area contributed by atoms with Crippen LogP contribution >= 0.6 is 0 Å². The molecule has 0 atom stereocenters. The summed E-state index contributed by atoms with van der Waals surface area (Å²) in [5.74, 6) is 0.626. The van der Waals surface area contributed by atoms with E-state index in [0.717, 1.165) is 16.9 Å². The molecular formula is C23H22O3. The summed E-state index contributed by atoms with van der Waals surface area (Å²) in [5, 5.41) is 0. The molecule has 0 saturated carbocycles. The van der Waals surface area contributed by atoms with Crippen molar-refractivity contribution in [1.82, 2.24) is 0 Å².